The van der Waals surface area contributed by atoms with Crippen LogP contribution in [0, 0.1) is 0 Å². The number of anilines is 1. The van der Waals surface area contributed by atoms with Gasteiger partial charge in [-0.3, -0.25) is 4.79 Å². The Kier molecular flexibility index (Phi) is 4.46. The minimum Gasteiger partial charge on any atom is -0.426 e. The zero-order chi connectivity index (χ0) is 13.8. The molecule has 1 aromatic carbocycles. The van der Waals surface area contributed by atoms with Gasteiger partial charge in [0.15, 0.2) is 0 Å². The zero-order valence-electron chi connectivity index (χ0n) is 12.1. The van der Waals surface area contributed by atoms with Crippen molar-refractivity contribution in [2.45, 2.75) is 46.0 Å². The van der Waals surface area contributed by atoms with Crippen molar-refractivity contribution < 1.29 is 9.53 Å². The summed E-state index contributed by atoms with van der Waals surface area (Å²) in [6.45, 7) is 8.52. The van der Waals surface area contributed by atoms with E-state index in [1.165, 1.54) is 0 Å². The van der Waals surface area contributed by atoms with Crippen LogP contribution >= 0.6 is 0 Å². The lowest BCUT2D eigenvalue weighted by Gasteiger charge is -2.27. The Labute approximate surface area is 115 Å². The number of carbonyl (C=O) groups is 1. The molecule has 1 heterocycles. The van der Waals surface area contributed by atoms with Crippen molar-refractivity contribution in [2.75, 3.05) is 18.0 Å². The maximum atomic E-state index is 11.5. The van der Waals surface area contributed by atoms with E-state index in [9.17, 15) is 4.79 Å². The highest BCUT2D eigenvalue weighted by Gasteiger charge is 2.24. The van der Waals surface area contributed by atoms with Gasteiger partial charge in [0, 0.05) is 24.8 Å². The second-order valence-corrected chi connectivity index (χ2v) is 5.29. The van der Waals surface area contributed by atoms with Gasteiger partial charge in [-0.05, 0) is 30.4 Å². The monoisotopic (exact) mass is 261 g/mol. The summed E-state index contributed by atoms with van der Waals surface area (Å²) in [7, 11) is 0. The van der Waals surface area contributed by atoms with Crippen LogP contribution < -0.4 is 9.64 Å². The lowest BCUT2D eigenvalue weighted by molar-refractivity contribution is -0.135. The highest BCUT2D eigenvalue weighted by Crippen LogP contribution is 2.36. The minimum atomic E-state index is -0.116. The topological polar surface area (TPSA) is 29.5 Å². The van der Waals surface area contributed by atoms with E-state index in [-0.39, 0.29) is 11.9 Å². The van der Waals surface area contributed by atoms with Crippen LogP contribution in [0.1, 0.15) is 51.5 Å². The van der Waals surface area contributed by atoms with E-state index < -0.39 is 0 Å². The van der Waals surface area contributed by atoms with Gasteiger partial charge in [-0.2, -0.15) is 0 Å². The Morgan fingerprint density at radius 1 is 1.26 bits per heavy atom. The summed E-state index contributed by atoms with van der Waals surface area (Å²) < 4.78 is 5.38. The average Bonchev–Trinajstić information content (AvgIpc) is 2.37. The SMILES string of the molecule is CCCN(CCC)c1ccc2c(c1)OC(=O)CC2C. The van der Waals surface area contributed by atoms with Gasteiger partial charge in [0.25, 0.3) is 0 Å². The second-order valence-electron chi connectivity index (χ2n) is 5.29. The molecule has 0 spiro atoms. The highest BCUT2D eigenvalue weighted by atomic mass is 16.5. The van der Waals surface area contributed by atoms with Crippen molar-refractivity contribution in [3.63, 3.8) is 0 Å². The van der Waals surface area contributed by atoms with Crippen molar-refractivity contribution in [3.8, 4) is 5.75 Å². The summed E-state index contributed by atoms with van der Waals surface area (Å²) in [5.74, 6) is 0.893. The fourth-order valence-corrected chi connectivity index (χ4v) is 2.65. The molecule has 1 atom stereocenters. The molecular weight excluding hydrogens is 238 g/mol. The molecule has 0 aromatic heterocycles. The number of hydrogen-bond acceptors (Lipinski definition) is 3. The molecule has 1 aromatic rings. The molecule has 1 aliphatic heterocycles. The molecule has 2 rings (SSSR count). The number of hydrogen-bond donors (Lipinski definition) is 0. The van der Waals surface area contributed by atoms with Gasteiger partial charge < -0.3 is 9.64 Å². The lowest BCUT2D eigenvalue weighted by atomic mass is 9.94. The summed E-state index contributed by atoms with van der Waals surface area (Å²) >= 11 is 0. The van der Waals surface area contributed by atoms with E-state index in [4.69, 9.17) is 4.74 Å². The normalized spacial score (nSPS) is 17.8. The first-order chi connectivity index (χ1) is 9.15. The number of benzene rings is 1. The van der Waals surface area contributed by atoms with E-state index in [2.05, 4.69) is 37.8 Å². The van der Waals surface area contributed by atoms with Gasteiger partial charge in [0.2, 0.25) is 0 Å². The molecule has 0 amide bonds. The molecule has 0 aliphatic carbocycles. The van der Waals surface area contributed by atoms with E-state index in [0.29, 0.717) is 6.42 Å². The largest absolute Gasteiger partial charge is 0.426 e. The van der Waals surface area contributed by atoms with Gasteiger partial charge in [-0.15, -0.1) is 0 Å². The summed E-state index contributed by atoms with van der Waals surface area (Å²) in [4.78, 5) is 13.9. The Bertz CT molecular complexity index is 450. The standard InChI is InChI=1S/C16H23NO2/c1-4-8-17(9-5-2)13-6-7-14-12(3)10-16(18)19-15(14)11-13/h6-7,11-12H,4-5,8-10H2,1-3H3. The molecule has 0 fully saturated rings. The van der Waals surface area contributed by atoms with E-state index in [1.54, 1.807) is 0 Å². The smallest absolute Gasteiger partial charge is 0.311 e. The third kappa shape index (κ3) is 3.09. The molecule has 3 nitrogen and oxygen atoms in total. The number of carbonyl (C=O) groups excluding carboxylic acids is 1. The highest BCUT2D eigenvalue weighted by molar-refractivity contribution is 5.77. The molecule has 0 N–H and O–H groups in total. The summed E-state index contributed by atoms with van der Waals surface area (Å²) in [5.41, 5.74) is 2.31. The van der Waals surface area contributed by atoms with E-state index >= 15 is 0 Å². The molecule has 3 heteroatoms. The van der Waals surface area contributed by atoms with Crippen molar-refractivity contribution in [2.24, 2.45) is 0 Å². The maximum Gasteiger partial charge on any atom is 0.311 e. The van der Waals surface area contributed by atoms with Crippen LogP contribution in [0.5, 0.6) is 5.75 Å². The van der Waals surface area contributed by atoms with Gasteiger partial charge in [-0.1, -0.05) is 26.8 Å². The third-order valence-electron chi connectivity index (χ3n) is 3.58. The van der Waals surface area contributed by atoms with E-state index in [1.807, 2.05) is 6.07 Å². The Morgan fingerprint density at radius 3 is 2.58 bits per heavy atom. The molecule has 1 aliphatic rings. The third-order valence-corrected chi connectivity index (χ3v) is 3.58. The fraction of sp³-hybridized carbons (Fsp3) is 0.562. The number of nitrogens with zero attached hydrogens (tertiary/aromatic N) is 1. The van der Waals surface area contributed by atoms with E-state index in [0.717, 1.165) is 42.9 Å². The van der Waals surface area contributed by atoms with Gasteiger partial charge in [0.1, 0.15) is 5.75 Å². The van der Waals surface area contributed by atoms with Crippen LogP contribution in [0.2, 0.25) is 0 Å². The molecule has 0 bridgehead atoms. The fourth-order valence-electron chi connectivity index (χ4n) is 2.65. The first-order valence-corrected chi connectivity index (χ1v) is 7.25. The second kappa shape index (κ2) is 6.09. The Balaban J connectivity index is 2.28. The molecule has 0 radical (unpaired) electrons. The molecule has 0 saturated carbocycles. The van der Waals surface area contributed by atoms with Crippen LogP contribution in [0.15, 0.2) is 18.2 Å². The minimum absolute atomic E-state index is 0.116. The first kappa shape index (κ1) is 13.9. The van der Waals surface area contributed by atoms with Gasteiger partial charge >= 0.3 is 5.97 Å². The molecule has 104 valence electrons. The van der Waals surface area contributed by atoms with Crippen molar-refractivity contribution >= 4 is 11.7 Å². The number of ether oxygens (including phenoxy) is 1. The van der Waals surface area contributed by atoms with Gasteiger partial charge in [0.05, 0.1) is 6.42 Å². The molecule has 19 heavy (non-hydrogen) atoms. The van der Waals surface area contributed by atoms with Crippen LogP contribution in [-0.2, 0) is 4.79 Å². The maximum absolute atomic E-state index is 11.5. The summed E-state index contributed by atoms with van der Waals surface area (Å²) in [5, 5.41) is 0. The molecule has 1 unspecified atom stereocenters. The lowest BCUT2D eigenvalue weighted by Crippen LogP contribution is -2.25. The van der Waals surface area contributed by atoms with Crippen LogP contribution in [-0.4, -0.2) is 19.1 Å². The van der Waals surface area contributed by atoms with Crippen LogP contribution in [0.25, 0.3) is 0 Å². The Hall–Kier alpha value is -1.51. The Morgan fingerprint density at radius 2 is 1.95 bits per heavy atom. The van der Waals surface area contributed by atoms with Gasteiger partial charge in [-0.25, -0.2) is 0 Å². The van der Waals surface area contributed by atoms with Crippen molar-refractivity contribution in [1.82, 2.24) is 0 Å². The molecule has 0 saturated heterocycles. The summed E-state index contributed by atoms with van der Waals surface area (Å²) in [6.07, 6.45) is 2.72. The number of fused-ring (bicyclic) bond motifs is 1. The number of esters is 1. The van der Waals surface area contributed by atoms with Crippen molar-refractivity contribution in [1.29, 1.82) is 0 Å². The summed E-state index contributed by atoms with van der Waals surface area (Å²) in [6, 6.07) is 6.29. The average molecular weight is 261 g/mol. The zero-order valence-corrected chi connectivity index (χ0v) is 12.1. The number of rotatable bonds is 5. The quantitative estimate of drug-likeness (QED) is 0.597. The van der Waals surface area contributed by atoms with Crippen LogP contribution in [0.4, 0.5) is 5.69 Å². The van der Waals surface area contributed by atoms with Crippen LogP contribution in [0.3, 0.4) is 0 Å². The first-order valence-electron chi connectivity index (χ1n) is 7.25. The molecular formula is C16H23NO2. The van der Waals surface area contributed by atoms with Crippen molar-refractivity contribution in [3.05, 3.63) is 23.8 Å². The predicted molar refractivity (Wildman–Crippen MR) is 77.9 cm³/mol. The predicted octanol–water partition coefficient (Wildman–Crippen LogP) is 3.73.